The highest BCUT2D eigenvalue weighted by Gasteiger charge is 2.64. The van der Waals surface area contributed by atoms with Crippen molar-refractivity contribution in [1.29, 1.82) is 0 Å². The van der Waals surface area contributed by atoms with E-state index in [1.54, 1.807) is 6.92 Å². The van der Waals surface area contributed by atoms with Crippen LogP contribution in [0.3, 0.4) is 0 Å². The highest BCUT2D eigenvalue weighted by atomic mass is 16.9. The van der Waals surface area contributed by atoms with Crippen molar-refractivity contribution in [2.75, 3.05) is 0 Å². The van der Waals surface area contributed by atoms with Crippen LogP contribution in [0.4, 0.5) is 0 Å². The summed E-state index contributed by atoms with van der Waals surface area (Å²) in [6.07, 6.45) is 6.80. The van der Waals surface area contributed by atoms with E-state index in [-0.39, 0.29) is 12.8 Å². The first kappa shape index (κ1) is 27.8. The van der Waals surface area contributed by atoms with Crippen molar-refractivity contribution in [3.8, 4) is 0 Å². The Morgan fingerprint density at radius 1 is 0.613 bits per heavy atom. The lowest BCUT2D eigenvalue weighted by Gasteiger charge is -2.44. The zero-order valence-corrected chi connectivity index (χ0v) is 18.4. The number of hydrogen-bond acceptors (Lipinski definition) is 8. The third kappa shape index (κ3) is 8.24. The maximum absolute atomic E-state index is 12.3. The fourth-order valence-corrected chi connectivity index (χ4v) is 2.93. The van der Waals surface area contributed by atoms with Crippen LogP contribution in [0.15, 0.2) is 50.6 Å². The minimum atomic E-state index is -2.74. The molecule has 31 heavy (non-hydrogen) atoms. The monoisotopic (exact) mass is 436 g/mol. The van der Waals surface area contributed by atoms with Crippen LogP contribution in [0, 0.1) is 0 Å². The number of hydrogen-bond donors (Lipinski definition) is 0. The molecule has 0 heterocycles. The molecule has 8 nitrogen and oxygen atoms in total. The number of carbonyl (C=O) groups is 4. The lowest BCUT2D eigenvalue weighted by atomic mass is 9.87. The van der Waals surface area contributed by atoms with Crippen LogP contribution in [0.2, 0.25) is 0 Å². The van der Waals surface area contributed by atoms with Crippen LogP contribution in [0.5, 0.6) is 0 Å². The SMILES string of the molecule is C=CC(=O)OC(CCC)(CCCCCC)C(OC(=O)C=C)(OC(=O)C=C)OC(=O)C=C. The minimum Gasteiger partial charge on any atom is -0.443 e. The van der Waals surface area contributed by atoms with E-state index in [0.29, 0.717) is 12.8 Å². The number of esters is 4. The molecule has 0 aromatic rings. The van der Waals surface area contributed by atoms with Crippen LogP contribution in [0.25, 0.3) is 0 Å². The Bertz CT molecular complexity index is 639. The van der Waals surface area contributed by atoms with Gasteiger partial charge < -0.3 is 18.9 Å². The molecule has 0 aromatic heterocycles. The van der Waals surface area contributed by atoms with Crippen molar-refractivity contribution in [2.24, 2.45) is 0 Å². The number of carbonyl (C=O) groups excluding carboxylic acids is 4. The van der Waals surface area contributed by atoms with Gasteiger partial charge in [-0.1, -0.05) is 65.8 Å². The zero-order chi connectivity index (χ0) is 23.9. The molecule has 0 saturated carbocycles. The van der Waals surface area contributed by atoms with Crippen LogP contribution in [-0.2, 0) is 38.1 Å². The van der Waals surface area contributed by atoms with Gasteiger partial charge >= 0.3 is 29.9 Å². The Kier molecular flexibility index (Phi) is 12.5. The van der Waals surface area contributed by atoms with E-state index in [0.717, 1.165) is 43.6 Å². The molecule has 0 bridgehead atoms. The molecule has 0 aromatic carbocycles. The number of ether oxygens (including phenoxy) is 4. The predicted octanol–water partition coefficient (Wildman–Crippen LogP) is 4.07. The molecule has 0 amide bonds. The molecule has 0 aliphatic heterocycles. The highest BCUT2D eigenvalue weighted by molar-refractivity contribution is 5.86. The third-order valence-corrected chi connectivity index (χ3v) is 4.31. The summed E-state index contributed by atoms with van der Waals surface area (Å²) < 4.78 is 21.5. The van der Waals surface area contributed by atoms with E-state index >= 15 is 0 Å². The van der Waals surface area contributed by atoms with E-state index in [9.17, 15) is 19.2 Å². The van der Waals surface area contributed by atoms with E-state index in [1.165, 1.54) is 0 Å². The summed E-state index contributed by atoms with van der Waals surface area (Å²) in [5, 5.41) is 0. The quantitative estimate of drug-likeness (QED) is 0.154. The van der Waals surface area contributed by atoms with Crippen molar-refractivity contribution in [3.05, 3.63) is 50.6 Å². The number of rotatable bonds is 16. The Labute approximate surface area is 183 Å². The molecule has 0 N–H and O–H groups in total. The van der Waals surface area contributed by atoms with Gasteiger partial charge in [0.05, 0.1) is 0 Å². The smallest absolute Gasteiger partial charge is 0.443 e. The van der Waals surface area contributed by atoms with Gasteiger partial charge in [-0.15, -0.1) is 0 Å². The zero-order valence-electron chi connectivity index (χ0n) is 18.4. The molecule has 1 unspecified atom stereocenters. The molecule has 0 saturated heterocycles. The maximum Gasteiger partial charge on any atom is 0.466 e. The number of unbranched alkanes of at least 4 members (excludes halogenated alkanes) is 3. The van der Waals surface area contributed by atoms with Crippen molar-refractivity contribution in [3.63, 3.8) is 0 Å². The molecule has 0 spiro atoms. The first-order valence-corrected chi connectivity index (χ1v) is 10.1. The van der Waals surface area contributed by atoms with Gasteiger partial charge in [0.15, 0.2) is 0 Å². The fourth-order valence-electron chi connectivity index (χ4n) is 2.93. The second kappa shape index (κ2) is 14.0. The summed E-state index contributed by atoms with van der Waals surface area (Å²) in [7, 11) is 0. The van der Waals surface area contributed by atoms with Crippen LogP contribution in [-0.4, -0.2) is 35.5 Å². The van der Waals surface area contributed by atoms with Gasteiger partial charge in [-0.2, -0.15) is 0 Å². The topological polar surface area (TPSA) is 105 Å². The molecule has 8 heteroatoms. The van der Waals surface area contributed by atoms with Gasteiger partial charge in [-0.3, -0.25) is 0 Å². The standard InChI is InChI=1S/C23H32O8/c1-7-13-14-15-17-22(16-8-2,28-18(24)9-3)23(29-19(25)10-4,30-20(26)11-5)31-21(27)12-6/h9-12H,3-8,13-17H2,1-2H3. The van der Waals surface area contributed by atoms with Gasteiger partial charge in [0.1, 0.15) is 0 Å². The minimum absolute atomic E-state index is 0.0258. The van der Waals surface area contributed by atoms with E-state index < -0.39 is 35.5 Å². The van der Waals surface area contributed by atoms with Gasteiger partial charge in [-0.25, -0.2) is 19.2 Å². The second-order valence-electron chi connectivity index (χ2n) is 6.61. The summed E-state index contributed by atoms with van der Waals surface area (Å²) >= 11 is 0. The van der Waals surface area contributed by atoms with E-state index in [1.807, 2.05) is 6.92 Å². The average molecular weight is 437 g/mol. The molecule has 0 aliphatic rings. The van der Waals surface area contributed by atoms with E-state index in [2.05, 4.69) is 26.3 Å². The summed E-state index contributed by atoms with van der Waals surface area (Å²) in [5.41, 5.74) is -1.86. The summed E-state index contributed by atoms with van der Waals surface area (Å²) in [6, 6.07) is 0. The van der Waals surface area contributed by atoms with Crippen molar-refractivity contribution in [2.45, 2.75) is 70.4 Å². The molecule has 0 fully saturated rings. The molecular formula is C23H32O8. The van der Waals surface area contributed by atoms with Gasteiger partial charge in [0.25, 0.3) is 0 Å². The normalized spacial score (nSPS) is 12.5. The van der Waals surface area contributed by atoms with Crippen LogP contribution < -0.4 is 0 Å². The summed E-state index contributed by atoms with van der Waals surface area (Å²) in [5.74, 6) is -6.84. The highest BCUT2D eigenvalue weighted by Crippen LogP contribution is 2.42. The third-order valence-electron chi connectivity index (χ3n) is 4.31. The maximum atomic E-state index is 12.3. The Morgan fingerprint density at radius 2 is 1.03 bits per heavy atom. The van der Waals surface area contributed by atoms with Crippen molar-refractivity contribution >= 4 is 23.9 Å². The second-order valence-corrected chi connectivity index (χ2v) is 6.61. The van der Waals surface area contributed by atoms with Crippen molar-refractivity contribution < 1.29 is 38.1 Å². The van der Waals surface area contributed by atoms with Crippen LogP contribution in [0.1, 0.15) is 58.8 Å². The van der Waals surface area contributed by atoms with Gasteiger partial charge in [0, 0.05) is 24.3 Å². The first-order chi connectivity index (χ1) is 14.7. The molecular weight excluding hydrogens is 404 g/mol. The summed E-state index contributed by atoms with van der Waals surface area (Å²) in [4.78, 5) is 48.9. The Morgan fingerprint density at radius 3 is 1.39 bits per heavy atom. The molecule has 1 atom stereocenters. The van der Waals surface area contributed by atoms with Gasteiger partial charge in [0.2, 0.25) is 5.60 Å². The Hall–Kier alpha value is -3.16. The molecule has 172 valence electrons. The average Bonchev–Trinajstić information content (AvgIpc) is 2.75. The Balaban J connectivity index is 6.84. The predicted molar refractivity (Wildman–Crippen MR) is 114 cm³/mol. The van der Waals surface area contributed by atoms with E-state index in [4.69, 9.17) is 18.9 Å². The van der Waals surface area contributed by atoms with Crippen molar-refractivity contribution in [1.82, 2.24) is 0 Å². The lowest BCUT2D eigenvalue weighted by molar-refractivity contribution is -0.392. The lowest BCUT2D eigenvalue weighted by Crippen LogP contribution is -2.63. The largest absolute Gasteiger partial charge is 0.466 e. The summed E-state index contributed by atoms with van der Waals surface area (Å²) in [6.45, 7) is 17.1. The van der Waals surface area contributed by atoms with Gasteiger partial charge in [-0.05, 0) is 19.3 Å². The molecule has 0 rings (SSSR count). The van der Waals surface area contributed by atoms with Crippen LogP contribution >= 0.6 is 0 Å². The first-order valence-electron chi connectivity index (χ1n) is 10.1. The molecule has 0 aliphatic carbocycles. The molecule has 0 radical (unpaired) electrons. The fraction of sp³-hybridized carbons (Fsp3) is 0.478.